The first-order valence-corrected chi connectivity index (χ1v) is 9.75. The molecule has 0 saturated heterocycles. The lowest BCUT2D eigenvalue weighted by atomic mass is 9.78. The van der Waals surface area contributed by atoms with E-state index < -0.39 is 18.3 Å². The number of carbonyl (C=O) groups excluding carboxylic acids is 1. The number of aliphatic hydroxyl groups is 1. The fourth-order valence-electron chi connectivity index (χ4n) is 4.42. The Morgan fingerprint density at radius 1 is 1.28 bits per heavy atom. The van der Waals surface area contributed by atoms with Crippen LogP contribution >= 0.6 is 0 Å². The van der Waals surface area contributed by atoms with Crippen LogP contribution in [0.4, 0.5) is 13.2 Å². The number of hydrogen-bond acceptors (Lipinski definition) is 4. The van der Waals surface area contributed by atoms with Gasteiger partial charge in [0.15, 0.2) is 6.61 Å². The molecule has 1 fully saturated rings. The third-order valence-electron chi connectivity index (χ3n) is 5.54. The van der Waals surface area contributed by atoms with E-state index in [4.69, 9.17) is 9.47 Å². The van der Waals surface area contributed by atoms with Gasteiger partial charge >= 0.3 is 6.18 Å². The quantitative estimate of drug-likeness (QED) is 0.753. The molecule has 1 spiro atoms. The summed E-state index contributed by atoms with van der Waals surface area (Å²) in [5.74, 6) is -0.319. The summed E-state index contributed by atoms with van der Waals surface area (Å²) in [6, 6.07) is 2.91. The van der Waals surface area contributed by atoms with Gasteiger partial charge in [0, 0.05) is 13.0 Å². The predicted octanol–water partition coefficient (Wildman–Crippen LogP) is 4.36. The summed E-state index contributed by atoms with van der Waals surface area (Å²) < 4.78 is 47.8. The number of halogens is 3. The van der Waals surface area contributed by atoms with Gasteiger partial charge in [-0.2, -0.15) is 13.2 Å². The number of carbonyl (C=O) groups is 1. The molecule has 1 saturated carbocycles. The molecule has 0 aromatic heterocycles. The lowest BCUT2D eigenvalue weighted by molar-refractivity contribution is -0.153. The Morgan fingerprint density at radius 2 is 1.93 bits per heavy atom. The normalized spacial score (nSPS) is 24.9. The highest BCUT2D eigenvalue weighted by Gasteiger charge is 2.49. The zero-order valence-corrected chi connectivity index (χ0v) is 16.8. The van der Waals surface area contributed by atoms with Crippen molar-refractivity contribution in [2.75, 3.05) is 13.2 Å². The Kier molecular flexibility index (Phi) is 5.85. The highest BCUT2D eigenvalue weighted by Crippen LogP contribution is 2.43. The lowest BCUT2D eigenvalue weighted by Crippen LogP contribution is -2.49. The molecule has 2 atom stereocenters. The van der Waals surface area contributed by atoms with E-state index in [1.807, 2.05) is 6.92 Å². The summed E-state index contributed by atoms with van der Waals surface area (Å²) in [6.45, 7) is 4.45. The molecule has 5 nitrogen and oxygen atoms in total. The van der Waals surface area contributed by atoms with Crippen LogP contribution < -0.4 is 10.1 Å². The van der Waals surface area contributed by atoms with Crippen molar-refractivity contribution < 1.29 is 32.5 Å². The molecule has 2 aliphatic rings. The first-order valence-electron chi connectivity index (χ1n) is 9.75. The largest absolute Gasteiger partial charge is 0.509 e. The molecule has 0 radical (unpaired) electrons. The van der Waals surface area contributed by atoms with Gasteiger partial charge in [0.05, 0.1) is 11.7 Å². The molecule has 8 heteroatoms. The van der Waals surface area contributed by atoms with Gasteiger partial charge in [-0.3, -0.25) is 4.79 Å². The van der Waals surface area contributed by atoms with E-state index in [9.17, 15) is 23.1 Å². The van der Waals surface area contributed by atoms with Crippen molar-refractivity contribution in [2.45, 2.75) is 64.3 Å². The van der Waals surface area contributed by atoms with E-state index in [0.29, 0.717) is 36.1 Å². The summed E-state index contributed by atoms with van der Waals surface area (Å²) in [6.07, 6.45) is -1.69. The zero-order valence-electron chi connectivity index (χ0n) is 16.8. The number of rotatable bonds is 5. The monoisotopic (exact) mass is 413 g/mol. The summed E-state index contributed by atoms with van der Waals surface area (Å²) in [5.41, 5.74) is 0.977. The number of hydrogen-bond donors (Lipinski definition) is 2. The highest BCUT2D eigenvalue weighted by molar-refractivity contribution is 6.24. The number of ether oxygens (including phenoxy) is 2. The van der Waals surface area contributed by atoms with Crippen molar-refractivity contribution in [2.24, 2.45) is 0 Å². The highest BCUT2D eigenvalue weighted by atomic mass is 19.4. The van der Waals surface area contributed by atoms with Crippen molar-refractivity contribution in [3.63, 3.8) is 0 Å². The maximum atomic E-state index is 12.8. The Hall–Kier alpha value is -2.22. The van der Waals surface area contributed by atoms with Crippen LogP contribution in [-0.2, 0) is 9.53 Å². The van der Waals surface area contributed by atoms with Crippen LogP contribution in [0, 0.1) is 13.8 Å². The van der Waals surface area contributed by atoms with E-state index in [0.717, 1.165) is 12.8 Å². The van der Waals surface area contributed by atoms with E-state index in [2.05, 4.69) is 5.32 Å². The average Bonchev–Trinajstić information content (AvgIpc) is 2.83. The van der Waals surface area contributed by atoms with E-state index in [-0.39, 0.29) is 29.1 Å². The third kappa shape index (κ3) is 4.37. The summed E-state index contributed by atoms with van der Waals surface area (Å²) in [4.78, 5) is 12.8. The molecule has 0 bridgehead atoms. The first kappa shape index (κ1) is 21.5. The number of alkyl halides is 3. The van der Waals surface area contributed by atoms with Gasteiger partial charge in [0.25, 0.3) is 5.91 Å². The molecule has 2 N–H and O–H groups in total. The van der Waals surface area contributed by atoms with Gasteiger partial charge in [0.2, 0.25) is 0 Å². The SMILES string of the molecule is CCO[C@H]1CCC[C@@]2(C1)NC(=O)C(c1c(C)cc(OCC(F)(F)F)cc1C)=C2O. The van der Waals surface area contributed by atoms with Gasteiger partial charge in [0.1, 0.15) is 17.0 Å². The molecule has 1 aromatic carbocycles. The van der Waals surface area contributed by atoms with Crippen molar-refractivity contribution in [1.29, 1.82) is 0 Å². The maximum Gasteiger partial charge on any atom is 0.422 e. The molecule has 1 amide bonds. The number of amides is 1. The van der Waals surface area contributed by atoms with Crippen LogP contribution in [-0.4, -0.2) is 42.0 Å². The Labute approximate surface area is 167 Å². The van der Waals surface area contributed by atoms with Gasteiger partial charge < -0.3 is 19.9 Å². The number of benzene rings is 1. The van der Waals surface area contributed by atoms with E-state index in [1.165, 1.54) is 12.1 Å². The minimum absolute atomic E-state index is 0.0120. The van der Waals surface area contributed by atoms with Crippen LogP contribution in [0.1, 0.15) is 49.3 Å². The summed E-state index contributed by atoms with van der Waals surface area (Å²) in [5, 5.41) is 14.0. The van der Waals surface area contributed by atoms with E-state index in [1.54, 1.807) is 13.8 Å². The smallest absolute Gasteiger partial charge is 0.422 e. The number of nitrogens with one attached hydrogen (secondary N) is 1. The summed E-state index contributed by atoms with van der Waals surface area (Å²) >= 11 is 0. The molecular weight excluding hydrogens is 387 g/mol. The number of aliphatic hydroxyl groups excluding tert-OH is 1. The predicted molar refractivity (Wildman–Crippen MR) is 102 cm³/mol. The van der Waals surface area contributed by atoms with Crippen LogP contribution in [0.2, 0.25) is 0 Å². The molecule has 160 valence electrons. The molecule has 1 aromatic rings. The Balaban J connectivity index is 1.94. The topological polar surface area (TPSA) is 67.8 Å². The Morgan fingerprint density at radius 3 is 2.52 bits per heavy atom. The molecule has 1 aliphatic carbocycles. The van der Waals surface area contributed by atoms with Crippen molar-refractivity contribution in [3.05, 3.63) is 34.6 Å². The van der Waals surface area contributed by atoms with Crippen molar-refractivity contribution >= 4 is 11.5 Å². The average molecular weight is 413 g/mol. The van der Waals surface area contributed by atoms with Crippen molar-refractivity contribution in [1.82, 2.24) is 5.32 Å². The van der Waals surface area contributed by atoms with Crippen LogP contribution in [0.3, 0.4) is 0 Å². The van der Waals surface area contributed by atoms with E-state index >= 15 is 0 Å². The van der Waals surface area contributed by atoms with Crippen LogP contribution in [0.15, 0.2) is 17.9 Å². The molecule has 1 aliphatic heterocycles. The minimum atomic E-state index is -4.43. The zero-order chi connectivity index (χ0) is 21.4. The molecule has 0 unspecified atom stereocenters. The van der Waals surface area contributed by atoms with Crippen molar-refractivity contribution in [3.8, 4) is 5.75 Å². The molecule has 3 rings (SSSR count). The van der Waals surface area contributed by atoms with Gasteiger partial charge in [-0.05, 0) is 68.9 Å². The van der Waals surface area contributed by atoms with Gasteiger partial charge in [-0.15, -0.1) is 0 Å². The lowest BCUT2D eigenvalue weighted by Gasteiger charge is -2.37. The second kappa shape index (κ2) is 7.89. The minimum Gasteiger partial charge on any atom is -0.509 e. The standard InChI is InChI=1S/C21H26F3NO4/c1-4-28-14-6-5-7-20(10-14)18(26)17(19(27)25-20)16-12(2)8-15(9-13(16)3)29-11-21(22,23)24/h8-9,14,26H,4-7,10-11H2,1-3H3,(H,25,27)/t14-,20-/m0/s1. The second-order valence-corrected chi connectivity index (χ2v) is 7.77. The first-order chi connectivity index (χ1) is 13.6. The molecular formula is C21H26F3NO4. The Bertz CT molecular complexity index is 809. The van der Waals surface area contributed by atoms with Gasteiger partial charge in [-0.1, -0.05) is 0 Å². The van der Waals surface area contributed by atoms with Crippen LogP contribution in [0.5, 0.6) is 5.75 Å². The molecule has 1 heterocycles. The second-order valence-electron chi connectivity index (χ2n) is 7.77. The van der Waals surface area contributed by atoms with Gasteiger partial charge in [-0.25, -0.2) is 0 Å². The summed E-state index contributed by atoms with van der Waals surface area (Å²) in [7, 11) is 0. The van der Waals surface area contributed by atoms with Crippen LogP contribution in [0.25, 0.3) is 5.57 Å². The fraction of sp³-hybridized carbons (Fsp3) is 0.571. The fourth-order valence-corrected chi connectivity index (χ4v) is 4.42. The maximum absolute atomic E-state index is 12.8. The number of aryl methyl sites for hydroxylation is 2. The third-order valence-corrected chi connectivity index (χ3v) is 5.54. The molecule has 29 heavy (non-hydrogen) atoms.